The zero-order chi connectivity index (χ0) is 14.2. The number of isocyanates is 1. The molecule has 0 spiro atoms. The Hall–Kier alpha value is -1.31. The molecule has 0 amide bonds. The third-order valence-electron chi connectivity index (χ3n) is 4.27. The third-order valence-corrected chi connectivity index (χ3v) is 4.84. The van der Waals surface area contributed by atoms with E-state index >= 15 is 0 Å². The predicted molar refractivity (Wildman–Crippen MR) is 75.9 cm³/mol. The fraction of sp³-hybridized carbons (Fsp3) is 0.533. The smallest absolute Gasteiger partial charge is 0.235 e. The van der Waals surface area contributed by atoms with Crippen molar-refractivity contribution in [2.45, 2.75) is 45.6 Å². The molecule has 102 valence electrons. The van der Waals surface area contributed by atoms with Crippen LogP contribution in [-0.4, -0.2) is 13.2 Å². The van der Waals surface area contributed by atoms with Crippen molar-refractivity contribution >= 4 is 17.7 Å². The van der Waals surface area contributed by atoms with E-state index < -0.39 is 5.54 Å². The number of benzene rings is 1. The van der Waals surface area contributed by atoms with Gasteiger partial charge in [0.2, 0.25) is 6.08 Å². The number of hydrogen-bond donors (Lipinski definition) is 0. The molecule has 1 aliphatic carbocycles. The van der Waals surface area contributed by atoms with Gasteiger partial charge in [-0.3, -0.25) is 0 Å². The highest BCUT2D eigenvalue weighted by molar-refractivity contribution is 6.32. The van der Waals surface area contributed by atoms with E-state index in [0.29, 0.717) is 0 Å². The summed E-state index contributed by atoms with van der Waals surface area (Å²) in [6.45, 7) is 5.93. The van der Waals surface area contributed by atoms with Gasteiger partial charge in [0.25, 0.3) is 0 Å². The van der Waals surface area contributed by atoms with E-state index in [1.165, 1.54) is 0 Å². The molecule has 1 aliphatic rings. The van der Waals surface area contributed by atoms with Crippen LogP contribution in [0, 0.1) is 20.8 Å². The Morgan fingerprint density at radius 2 is 1.84 bits per heavy atom. The van der Waals surface area contributed by atoms with Crippen molar-refractivity contribution in [3.05, 3.63) is 27.3 Å². The van der Waals surface area contributed by atoms with Crippen molar-refractivity contribution in [3.63, 3.8) is 0 Å². The van der Waals surface area contributed by atoms with Gasteiger partial charge in [-0.1, -0.05) is 11.6 Å². The molecule has 0 heterocycles. The number of carbonyl (C=O) groups excluding carboxylic acids is 1. The van der Waals surface area contributed by atoms with Gasteiger partial charge in [-0.15, -0.1) is 0 Å². The lowest BCUT2D eigenvalue weighted by Crippen LogP contribution is -2.33. The normalized spacial score (nSPS) is 16.5. The van der Waals surface area contributed by atoms with E-state index in [9.17, 15) is 4.79 Å². The van der Waals surface area contributed by atoms with Crippen LogP contribution in [0.1, 0.15) is 41.5 Å². The van der Waals surface area contributed by atoms with Crippen LogP contribution in [0.2, 0.25) is 5.02 Å². The molecule has 0 N–H and O–H groups in total. The minimum Gasteiger partial charge on any atom is -0.496 e. The molecule has 1 aromatic rings. The van der Waals surface area contributed by atoms with E-state index in [2.05, 4.69) is 4.99 Å². The molecule has 0 bridgehead atoms. The molecule has 0 atom stereocenters. The lowest BCUT2D eigenvalue weighted by atomic mass is 9.70. The standard InChI is InChI=1S/C15H18ClNO2/c1-9-10(2)14(19-4)12(11(3)13(9)16)15(17-8-18)6-5-7-15/h5-7H2,1-4H3. The van der Waals surface area contributed by atoms with Gasteiger partial charge in [0.1, 0.15) is 11.3 Å². The number of rotatable bonds is 3. The molecule has 0 aromatic heterocycles. The summed E-state index contributed by atoms with van der Waals surface area (Å²) in [6, 6.07) is 0. The number of nitrogens with zero attached hydrogens (tertiary/aromatic N) is 1. The molecule has 4 heteroatoms. The predicted octanol–water partition coefficient (Wildman–Crippen LogP) is 3.99. The van der Waals surface area contributed by atoms with Crippen LogP contribution in [0.3, 0.4) is 0 Å². The Morgan fingerprint density at radius 3 is 2.26 bits per heavy atom. The minimum atomic E-state index is -0.487. The van der Waals surface area contributed by atoms with Gasteiger partial charge in [-0.2, -0.15) is 4.99 Å². The van der Waals surface area contributed by atoms with Crippen LogP contribution >= 0.6 is 11.6 Å². The average Bonchev–Trinajstić information content (AvgIpc) is 2.36. The largest absolute Gasteiger partial charge is 0.496 e. The zero-order valence-electron chi connectivity index (χ0n) is 11.8. The van der Waals surface area contributed by atoms with Crippen molar-refractivity contribution in [2.75, 3.05) is 7.11 Å². The molecule has 3 nitrogen and oxygen atoms in total. The van der Waals surface area contributed by atoms with Crippen LogP contribution in [0.5, 0.6) is 5.75 Å². The van der Waals surface area contributed by atoms with Gasteiger partial charge in [0.15, 0.2) is 0 Å². The van der Waals surface area contributed by atoms with E-state index in [1.54, 1.807) is 13.2 Å². The maximum atomic E-state index is 10.8. The van der Waals surface area contributed by atoms with Crippen molar-refractivity contribution in [3.8, 4) is 5.75 Å². The van der Waals surface area contributed by atoms with E-state index in [1.807, 2.05) is 20.8 Å². The average molecular weight is 280 g/mol. The summed E-state index contributed by atoms with van der Waals surface area (Å²) in [5.41, 5.74) is 3.46. The fourth-order valence-corrected chi connectivity index (χ4v) is 3.15. The summed E-state index contributed by atoms with van der Waals surface area (Å²) >= 11 is 6.41. The molecule has 2 rings (SSSR count). The molecule has 19 heavy (non-hydrogen) atoms. The van der Waals surface area contributed by atoms with Crippen LogP contribution in [0.15, 0.2) is 4.99 Å². The van der Waals surface area contributed by atoms with Gasteiger partial charge >= 0.3 is 0 Å². The lowest BCUT2D eigenvalue weighted by molar-refractivity contribution is 0.244. The number of aliphatic imine (C=N–C) groups is 1. The van der Waals surface area contributed by atoms with Gasteiger partial charge in [-0.25, -0.2) is 4.79 Å². The Bertz CT molecular complexity index is 570. The fourth-order valence-electron chi connectivity index (χ4n) is 2.92. The highest BCUT2D eigenvalue weighted by Gasteiger charge is 2.43. The van der Waals surface area contributed by atoms with Crippen LogP contribution in [0.25, 0.3) is 0 Å². The zero-order valence-corrected chi connectivity index (χ0v) is 12.5. The summed E-state index contributed by atoms with van der Waals surface area (Å²) < 4.78 is 5.57. The maximum absolute atomic E-state index is 10.8. The second-order valence-corrected chi connectivity index (χ2v) is 5.56. The maximum Gasteiger partial charge on any atom is 0.235 e. The summed E-state index contributed by atoms with van der Waals surface area (Å²) in [6.07, 6.45) is 4.46. The second kappa shape index (κ2) is 4.99. The Morgan fingerprint density at radius 1 is 1.21 bits per heavy atom. The molecule has 1 saturated carbocycles. The molecule has 1 aromatic carbocycles. The summed E-state index contributed by atoms with van der Waals surface area (Å²) in [7, 11) is 1.65. The minimum absolute atomic E-state index is 0.487. The summed E-state index contributed by atoms with van der Waals surface area (Å²) in [5.74, 6) is 0.804. The van der Waals surface area contributed by atoms with Crippen LogP contribution in [0.4, 0.5) is 0 Å². The molecular formula is C15H18ClNO2. The third kappa shape index (κ3) is 1.98. The Kier molecular flexibility index (Phi) is 3.71. The first kappa shape index (κ1) is 14.1. The topological polar surface area (TPSA) is 38.7 Å². The van der Waals surface area contributed by atoms with Crippen LogP contribution in [-0.2, 0) is 10.3 Å². The van der Waals surface area contributed by atoms with Gasteiger partial charge in [0.05, 0.1) is 7.11 Å². The highest BCUT2D eigenvalue weighted by atomic mass is 35.5. The second-order valence-electron chi connectivity index (χ2n) is 5.19. The summed E-state index contributed by atoms with van der Waals surface area (Å²) in [5, 5.41) is 0.737. The first-order valence-electron chi connectivity index (χ1n) is 6.41. The number of methoxy groups -OCH3 is 1. The number of ether oxygens (including phenoxy) is 1. The Labute approximate surface area is 118 Å². The highest BCUT2D eigenvalue weighted by Crippen LogP contribution is 2.52. The van der Waals surface area contributed by atoms with E-state index in [4.69, 9.17) is 16.3 Å². The number of hydrogen-bond acceptors (Lipinski definition) is 3. The van der Waals surface area contributed by atoms with E-state index in [-0.39, 0.29) is 0 Å². The molecule has 0 aliphatic heterocycles. The van der Waals surface area contributed by atoms with Gasteiger partial charge in [-0.05, 0) is 56.7 Å². The Balaban J connectivity index is 2.79. The van der Waals surface area contributed by atoms with Gasteiger partial charge in [0, 0.05) is 10.6 Å². The van der Waals surface area contributed by atoms with Crippen molar-refractivity contribution in [1.29, 1.82) is 0 Å². The molecule has 0 radical (unpaired) electrons. The molecule has 0 unspecified atom stereocenters. The van der Waals surface area contributed by atoms with Crippen molar-refractivity contribution < 1.29 is 9.53 Å². The molecular weight excluding hydrogens is 262 g/mol. The van der Waals surface area contributed by atoms with Crippen molar-refractivity contribution in [2.24, 2.45) is 4.99 Å². The van der Waals surface area contributed by atoms with Crippen LogP contribution < -0.4 is 4.74 Å². The number of halogens is 1. The SMILES string of the molecule is COc1c(C)c(C)c(Cl)c(C)c1C1(N=C=O)CCC1. The molecule has 0 saturated heterocycles. The van der Waals surface area contributed by atoms with E-state index in [0.717, 1.165) is 52.3 Å². The summed E-state index contributed by atoms with van der Waals surface area (Å²) in [4.78, 5) is 14.8. The first-order chi connectivity index (χ1) is 8.98. The quantitative estimate of drug-likeness (QED) is 0.620. The van der Waals surface area contributed by atoms with Gasteiger partial charge < -0.3 is 4.74 Å². The van der Waals surface area contributed by atoms with Crippen molar-refractivity contribution in [1.82, 2.24) is 0 Å². The monoisotopic (exact) mass is 279 g/mol. The first-order valence-corrected chi connectivity index (χ1v) is 6.79. The molecule has 1 fully saturated rings. The lowest BCUT2D eigenvalue weighted by Gasteiger charge is -2.39.